The molecule has 0 atom stereocenters. The standard InChI is InChI=1S/C24H20FN3O6/c1-33-19-11-8-16(20(24(31)32)21(19)34-2)13-26-28-23(30)15-4-3-5-18(12-15)27-22(29)14-6-9-17(25)10-7-14/h3-13H,1-2H3,(H,27,29)(H,28,30)(H,31,32). The minimum atomic E-state index is -1.26. The topological polar surface area (TPSA) is 126 Å². The van der Waals surface area contributed by atoms with E-state index < -0.39 is 23.6 Å². The van der Waals surface area contributed by atoms with Crippen molar-refractivity contribution in [1.29, 1.82) is 0 Å². The van der Waals surface area contributed by atoms with Crippen molar-refractivity contribution in [3.8, 4) is 11.5 Å². The van der Waals surface area contributed by atoms with Crippen LogP contribution in [0.1, 0.15) is 36.6 Å². The molecule has 0 fully saturated rings. The molecule has 34 heavy (non-hydrogen) atoms. The van der Waals surface area contributed by atoms with Crippen molar-refractivity contribution in [1.82, 2.24) is 5.43 Å². The smallest absolute Gasteiger partial charge is 0.340 e. The molecule has 0 radical (unpaired) electrons. The first-order valence-corrected chi connectivity index (χ1v) is 9.82. The van der Waals surface area contributed by atoms with E-state index in [0.29, 0.717) is 5.69 Å². The second kappa shape index (κ2) is 10.7. The quantitative estimate of drug-likeness (QED) is 0.345. The number of methoxy groups -OCH3 is 2. The van der Waals surface area contributed by atoms with E-state index in [1.807, 2.05) is 0 Å². The van der Waals surface area contributed by atoms with Gasteiger partial charge in [0.05, 0.1) is 20.4 Å². The number of nitrogens with one attached hydrogen (secondary N) is 2. The first-order valence-electron chi connectivity index (χ1n) is 9.82. The number of hydrogen-bond acceptors (Lipinski definition) is 6. The number of ether oxygens (including phenoxy) is 2. The van der Waals surface area contributed by atoms with Crippen LogP contribution in [0.4, 0.5) is 10.1 Å². The molecule has 9 nitrogen and oxygen atoms in total. The van der Waals surface area contributed by atoms with Gasteiger partial charge in [-0.1, -0.05) is 6.07 Å². The number of rotatable bonds is 8. The van der Waals surface area contributed by atoms with Crippen molar-refractivity contribution in [2.45, 2.75) is 0 Å². The van der Waals surface area contributed by atoms with E-state index in [1.165, 1.54) is 69.0 Å². The summed E-state index contributed by atoms with van der Waals surface area (Å²) in [5.41, 5.74) is 3.11. The van der Waals surface area contributed by atoms with E-state index >= 15 is 0 Å². The number of halogens is 1. The zero-order chi connectivity index (χ0) is 24.7. The number of benzene rings is 3. The highest BCUT2D eigenvalue weighted by molar-refractivity contribution is 6.05. The SMILES string of the molecule is COc1ccc(C=NNC(=O)c2cccc(NC(=O)c3ccc(F)cc3)c2)c(C(=O)O)c1OC. The Labute approximate surface area is 193 Å². The Kier molecular flexibility index (Phi) is 7.55. The summed E-state index contributed by atoms with van der Waals surface area (Å²) in [7, 11) is 2.70. The van der Waals surface area contributed by atoms with Gasteiger partial charge < -0.3 is 19.9 Å². The van der Waals surface area contributed by atoms with Crippen molar-refractivity contribution >= 4 is 29.7 Å². The second-order valence-corrected chi connectivity index (χ2v) is 6.81. The van der Waals surface area contributed by atoms with Crippen molar-refractivity contribution in [2.24, 2.45) is 5.10 Å². The van der Waals surface area contributed by atoms with Crippen molar-refractivity contribution in [3.63, 3.8) is 0 Å². The fourth-order valence-corrected chi connectivity index (χ4v) is 3.04. The molecular formula is C24H20FN3O6. The highest BCUT2D eigenvalue weighted by atomic mass is 19.1. The third-order valence-corrected chi connectivity index (χ3v) is 4.65. The largest absolute Gasteiger partial charge is 0.493 e. The number of anilines is 1. The minimum Gasteiger partial charge on any atom is -0.493 e. The van der Waals surface area contributed by atoms with Crippen molar-refractivity contribution in [3.05, 3.63) is 88.7 Å². The van der Waals surface area contributed by atoms with Gasteiger partial charge in [-0.3, -0.25) is 9.59 Å². The van der Waals surface area contributed by atoms with Gasteiger partial charge in [-0.2, -0.15) is 5.10 Å². The van der Waals surface area contributed by atoms with Gasteiger partial charge in [0.25, 0.3) is 11.8 Å². The van der Waals surface area contributed by atoms with Gasteiger partial charge in [-0.25, -0.2) is 14.6 Å². The number of carboxylic acid groups (broad SMARTS) is 1. The fraction of sp³-hybridized carbons (Fsp3) is 0.0833. The van der Waals surface area contributed by atoms with E-state index in [0.717, 1.165) is 0 Å². The van der Waals surface area contributed by atoms with E-state index in [-0.39, 0.29) is 33.8 Å². The second-order valence-electron chi connectivity index (χ2n) is 6.81. The number of hydrazone groups is 1. The molecule has 0 bridgehead atoms. The third-order valence-electron chi connectivity index (χ3n) is 4.65. The van der Waals surface area contributed by atoms with Gasteiger partial charge in [0.2, 0.25) is 0 Å². The van der Waals surface area contributed by atoms with Crippen LogP contribution in [0.3, 0.4) is 0 Å². The summed E-state index contributed by atoms with van der Waals surface area (Å²) in [6.45, 7) is 0. The summed E-state index contributed by atoms with van der Waals surface area (Å²) in [6.07, 6.45) is 1.17. The van der Waals surface area contributed by atoms with Crippen LogP contribution < -0.4 is 20.2 Å². The van der Waals surface area contributed by atoms with E-state index in [4.69, 9.17) is 9.47 Å². The molecule has 2 amide bonds. The van der Waals surface area contributed by atoms with E-state index in [9.17, 15) is 23.9 Å². The number of aromatic carboxylic acids is 1. The summed E-state index contributed by atoms with van der Waals surface area (Å²) >= 11 is 0. The number of hydrogen-bond donors (Lipinski definition) is 3. The molecule has 3 N–H and O–H groups in total. The molecule has 0 saturated heterocycles. The highest BCUT2D eigenvalue weighted by Gasteiger charge is 2.20. The first kappa shape index (κ1) is 23.9. The molecule has 0 spiro atoms. The molecule has 0 saturated carbocycles. The Bertz CT molecular complexity index is 1260. The Morgan fingerprint density at radius 1 is 0.941 bits per heavy atom. The monoisotopic (exact) mass is 465 g/mol. The van der Waals surface area contributed by atoms with Crippen LogP contribution in [0.15, 0.2) is 65.8 Å². The molecule has 0 aromatic heterocycles. The Morgan fingerprint density at radius 3 is 2.32 bits per heavy atom. The van der Waals surface area contributed by atoms with E-state index in [1.54, 1.807) is 12.1 Å². The number of nitrogens with zero attached hydrogens (tertiary/aromatic N) is 1. The maximum atomic E-state index is 13.0. The first-order chi connectivity index (χ1) is 16.3. The summed E-state index contributed by atoms with van der Waals surface area (Å²) in [4.78, 5) is 36.5. The van der Waals surface area contributed by atoms with Crippen LogP contribution >= 0.6 is 0 Å². The van der Waals surface area contributed by atoms with Crippen molar-refractivity contribution < 1.29 is 33.4 Å². The van der Waals surface area contributed by atoms with Crippen LogP contribution in [-0.2, 0) is 0 Å². The molecule has 3 rings (SSSR count). The van der Waals surface area contributed by atoms with Gasteiger partial charge in [-0.05, 0) is 54.6 Å². The molecule has 174 valence electrons. The van der Waals surface area contributed by atoms with Crippen LogP contribution in [0.2, 0.25) is 0 Å². The molecule has 0 unspecified atom stereocenters. The Hall–Kier alpha value is -4.73. The molecule has 0 aliphatic carbocycles. The minimum absolute atomic E-state index is 0.0230. The average molecular weight is 465 g/mol. The summed E-state index contributed by atoms with van der Waals surface area (Å²) < 4.78 is 23.3. The maximum absolute atomic E-state index is 13.0. The molecule has 0 aliphatic rings. The number of carbonyl (C=O) groups is 3. The van der Waals surface area contributed by atoms with Gasteiger partial charge in [0.15, 0.2) is 11.5 Å². The van der Waals surface area contributed by atoms with Gasteiger partial charge in [-0.15, -0.1) is 0 Å². The number of carbonyl (C=O) groups excluding carboxylic acids is 2. The zero-order valence-electron chi connectivity index (χ0n) is 18.2. The Morgan fingerprint density at radius 2 is 1.68 bits per heavy atom. The lowest BCUT2D eigenvalue weighted by atomic mass is 10.1. The predicted molar refractivity (Wildman–Crippen MR) is 122 cm³/mol. The Balaban J connectivity index is 1.73. The van der Waals surface area contributed by atoms with Crippen LogP contribution in [0.25, 0.3) is 0 Å². The number of carboxylic acids is 1. The predicted octanol–water partition coefficient (Wildman–Crippen LogP) is 3.56. The fourth-order valence-electron chi connectivity index (χ4n) is 3.04. The highest BCUT2D eigenvalue weighted by Crippen LogP contribution is 2.32. The summed E-state index contributed by atoms with van der Waals surface area (Å²) in [6, 6.07) is 14.1. The van der Waals surface area contributed by atoms with Crippen molar-refractivity contribution in [2.75, 3.05) is 19.5 Å². The van der Waals surface area contributed by atoms with Crippen LogP contribution in [0.5, 0.6) is 11.5 Å². The lowest BCUT2D eigenvalue weighted by molar-refractivity contribution is 0.0692. The molecular weight excluding hydrogens is 445 g/mol. The number of amides is 2. The molecule has 0 aliphatic heterocycles. The van der Waals surface area contributed by atoms with Gasteiger partial charge in [0, 0.05) is 22.4 Å². The van der Waals surface area contributed by atoms with Crippen LogP contribution in [0, 0.1) is 5.82 Å². The molecule has 10 heteroatoms. The molecule has 0 heterocycles. The maximum Gasteiger partial charge on any atom is 0.340 e. The third kappa shape index (κ3) is 5.54. The average Bonchev–Trinajstić information content (AvgIpc) is 2.83. The van der Waals surface area contributed by atoms with Crippen LogP contribution in [-0.4, -0.2) is 43.3 Å². The summed E-state index contributed by atoms with van der Waals surface area (Å²) in [5.74, 6) is -2.51. The zero-order valence-corrected chi connectivity index (χ0v) is 18.2. The summed E-state index contributed by atoms with van der Waals surface area (Å²) in [5, 5.41) is 16.0. The van der Waals surface area contributed by atoms with Gasteiger partial charge in [0.1, 0.15) is 11.4 Å². The van der Waals surface area contributed by atoms with Gasteiger partial charge >= 0.3 is 5.97 Å². The lowest BCUT2D eigenvalue weighted by Gasteiger charge is -2.12. The normalized spacial score (nSPS) is 10.6. The lowest BCUT2D eigenvalue weighted by Crippen LogP contribution is -2.18. The molecule has 3 aromatic carbocycles. The van der Waals surface area contributed by atoms with E-state index in [2.05, 4.69) is 15.8 Å². The molecule has 3 aromatic rings.